The lowest BCUT2D eigenvalue weighted by molar-refractivity contribution is -0.137. The van der Waals surface area contributed by atoms with Gasteiger partial charge in [-0.1, -0.05) is 48.5 Å². The Morgan fingerprint density at radius 3 is 2.41 bits per heavy atom. The number of hydrogen-bond donors (Lipinski definition) is 1. The quantitative estimate of drug-likeness (QED) is 0.525. The van der Waals surface area contributed by atoms with Crippen molar-refractivity contribution in [2.24, 2.45) is 0 Å². The predicted molar refractivity (Wildman–Crippen MR) is 123 cm³/mol. The Bertz CT molecular complexity index is 1280. The first-order valence-corrected chi connectivity index (χ1v) is 12.2. The number of fused-ring (bicyclic) bond motifs is 1. The van der Waals surface area contributed by atoms with E-state index in [2.05, 4.69) is 5.32 Å². The van der Waals surface area contributed by atoms with Gasteiger partial charge in [0.1, 0.15) is 6.54 Å². The molecule has 1 N–H and O–H groups in total. The van der Waals surface area contributed by atoms with Crippen LogP contribution in [0.25, 0.3) is 0 Å². The number of anilines is 1. The van der Waals surface area contributed by atoms with E-state index in [4.69, 9.17) is 0 Å². The summed E-state index contributed by atoms with van der Waals surface area (Å²) in [4.78, 5) is 12.9. The summed E-state index contributed by atoms with van der Waals surface area (Å²) in [6, 6.07) is 18.7. The summed E-state index contributed by atoms with van der Waals surface area (Å²) < 4.78 is 67.4. The minimum atomic E-state index is -4.66. The van der Waals surface area contributed by atoms with Crippen LogP contribution in [-0.2, 0) is 27.4 Å². The molecule has 0 spiro atoms. The van der Waals surface area contributed by atoms with Crippen LogP contribution >= 0.6 is 0 Å². The molecule has 0 aliphatic heterocycles. The molecule has 9 heteroatoms. The number of nitrogens with one attached hydrogen (secondary N) is 1. The SMILES string of the molecule is O=C(CN(c1cccc(C(F)(F)F)c1)S(=O)(=O)c1ccccc1)N[C@H]1CCCc2ccccc21. The first kappa shape index (κ1) is 23.8. The van der Waals surface area contributed by atoms with Gasteiger partial charge in [-0.15, -0.1) is 0 Å². The van der Waals surface area contributed by atoms with Crippen LogP contribution in [0.5, 0.6) is 0 Å². The zero-order valence-corrected chi connectivity index (χ0v) is 18.9. The number of benzene rings is 3. The van der Waals surface area contributed by atoms with Gasteiger partial charge in [-0.2, -0.15) is 13.2 Å². The number of amides is 1. The molecule has 1 aliphatic rings. The fourth-order valence-electron chi connectivity index (χ4n) is 4.15. The highest BCUT2D eigenvalue weighted by atomic mass is 32.2. The molecule has 178 valence electrons. The predicted octanol–water partition coefficient (Wildman–Crippen LogP) is 5.09. The van der Waals surface area contributed by atoms with E-state index in [9.17, 15) is 26.4 Å². The number of aryl methyl sites for hydroxylation is 1. The van der Waals surface area contributed by atoms with Gasteiger partial charge >= 0.3 is 6.18 Å². The molecule has 1 aliphatic carbocycles. The van der Waals surface area contributed by atoms with Crippen molar-refractivity contribution in [1.82, 2.24) is 5.32 Å². The van der Waals surface area contributed by atoms with Crippen molar-refractivity contribution in [2.45, 2.75) is 36.4 Å². The van der Waals surface area contributed by atoms with E-state index in [1.54, 1.807) is 6.07 Å². The first-order chi connectivity index (χ1) is 16.2. The standard InChI is InChI=1S/C25H23F3N2O3S/c26-25(27,28)19-10-7-11-20(16-19)30(34(32,33)21-12-2-1-3-13-21)17-24(31)29-23-15-6-9-18-8-4-5-14-22(18)23/h1-5,7-8,10-14,16,23H,6,9,15,17H2,(H,29,31)/t23-/m0/s1. The molecule has 0 unspecified atom stereocenters. The number of rotatable bonds is 6. The van der Waals surface area contributed by atoms with Gasteiger partial charge in [0.05, 0.1) is 22.2 Å². The van der Waals surface area contributed by atoms with E-state index in [1.165, 1.54) is 30.3 Å². The second kappa shape index (κ2) is 9.50. The van der Waals surface area contributed by atoms with E-state index in [-0.39, 0.29) is 16.6 Å². The second-order valence-corrected chi connectivity index (χ2v) is 9.95. The number of halogens is 3. The first-order valence-electron chi connectivity index (χ1n) is 10.8. The van der Waals surface area contributed by atoms with Crippen molar-refractivity contribution < 1.29 is 26.4 Å². The van der Waals surface area contributed by atoms with Gasteiger partial charge < -0.3 is 5.32 Å². The van der Waals surface area contributed by atoms with Crippen LogP contribution in [0.15, 0.2) is 83.8 Å². The van der Waals surface area contributed by atoms with Crippen LogP contribution < -0.4 is 9.62 Å². The van der Waals surface area contributed by atoms with Gasteiger partial charge in [0.15, 0.2) is 0 Å². The Balaban J connectivity index is 1.66. The van der Waals surface area contributed by atoms with Crippen molar-refractivity contribution in [3.63, 3.8) is 0 Å². The third kappa shape index (κ3) is 5.09. The highest BCUT2D eigenvalue weighted by Crippen LogP contribution is 2.34. The smallest absolute Gasteiger partial charge is 0.348 e. The molecular formula is C25H23F3N2O3S. The highest BCUT2D eigenvalue weighted by Gasteiger charge is 2.33. The summed E-state index contributed by atoms with van der Waals surface area (Å²) in [6.07, 6.45) is -2.22. The van der Waals surface area contributed by atoms with E-state index >= 15 is 0 Å². The molecule has 0 saturated carbocycles. The zero-order valence-electron chi connectivity index (χ0n) is 18.1. The molecular weight excluding hydrogens is 465 g/mol. The van der Waals surface area contributed by atoms with Crippen molar-refractivity contribution in [3.05, 3.63) is 95.6 Å². The van der Waals surface area contributed by atoms with Crippen LogP contribution in [0.1, 0.15) is 35.6 Å². The number of alkyl halides is 3. The topological polar surface area (TPSA) is 66.5 Å². The minimum absolute atomic E-state index is 0.122. The average Bonchev–Trinajstić information content (AvgIpc) is 2.83. The maximum Gasteiger partial charge on any atom is 0.416 e. The van der Waals surface area contributed by atoms with Crippen LogP contribution in [0.2, 0.25) is 0 Å². The Kier molecular flexibility index (Phi) is 6.65. The highest BCUT2D eigenvalue weighted by molar-refractivity contribution is 7.92. The molecule has 0 saturated heterocycles. The number of carbonyl (C=O) groups is 1. The minimum Gasteiger partial charge on any atom is -0.348 e. The Labute approximate surface area is 196 Å². The zero-order chi connectivity index (χ0) is 24.3. The summed E-state index contributed by atoms with van der Waals surface area (Å²) in [5.74, 6) is -0.598. The maximum atomic E-state index is 13.4. The molecule has 4 rings (SSSR count). The molecule has 1 atom stereocenters. The van der Waals surface area contributed by atoms with Crippen LogP contribution in [0, 0.1) is 0 Å². The van der Waals surface area contributed by atoms with E-state index in [0.717, 1.165) is 46.5 Å². The fourth-order valence-corrected chi connectivity index (χ4v) is 5.58. The molecule has 0 aromatic heterocycles. The van der Waals surface area contributed by atoms with Crippen molar-refractivity contribution in [3.8, 4) is 0 Å². The Morgan fingerprint density at radius 1 is 0.971 bits per heavy atom. The van der Waals surface area contributed by atoms with Gasteiger partial charge in [0.2, 0.25) is 5.91 Å². The van der Waals surface area contributed by atoms with Crippen molar-refractivity contribution >= 4 is 21.6 Å². The molecule has 0 radical (unpaired) electrons. The average molecular weight is 489 g/mol. The summed E-state index contributed by atoms with van der Waals surface area (Å²) in [7, 11) is -4.31. The third-order valence-electron chi connectivity index (χ3n) is 5.78. The van der Waals surface area contributed by atoms with Crippen LogP contribution in [0.3, 0.4) is 0 Å². The molecule has 1 amide bonds. The van der Waals surface area contributed by atoms with Crippen molar-refractivity contribution in [2.75, 3.05) is 10.8 Å². The fraction of sp³-hybridized carbons (Fsp3) is 0.240. The molecule has 0 heterocycles. The van der Waals surface area contributed by atoms with Crippen LogP contribution in [0.4, 0.5) is 18.9 Å². The molecule has 3 aromatic carbocycles. The molecule has 5 nitrogen and oxygen atoms in total. The Hall–Kier alpha value is -3.33. The summed E-state index contributed by atoms with van der Waals surface area (Å²) in [6.45, 7) is -0.656. The summed E-state index contributed by atoms with van der Waals surface area (Å²) in [5, 5.41) is 2.88. The normalized spacial score (nSPS) is 15.9. The lowest BCUT2D eigenvalue weighted by atomic mass is 9.88. The van der Waals surface area contributed by atoms with Gasteiger partial charge in [-0.05, 0) is 60.7 Å². The van der Waals surface area contributed by atoms with Crippen molar-refractivity contribution in [1.29, 1.82) is 0 Å². The Morgan fingerprint density at radius 2 is 1.68 bits per heavy atom. The number of nitrogens with zero attached hydrogens (tertiary/aromatic N) is 1. The summed E-state index contributed by atoms with van der Waals surface area (Å²) in [5.41, 5.74) is 0.849. The monoisotopic (exact) mass is 488 g/mol. The largest absolute Gasteiger partial charge is 0.416 e. The van der Waals surface area contributed by atoms with Gasteiger partial charge in [-0.25, -0.2) is 8.42 Å². The molecule has 34 heavy (non-hydrogen) atoms. The lowest BCUT2D eigenvalue weighted by Gasteiger charge is -2.29. The van der Waals surface area contributed by atoms with E-state index in [1.807, 2.05) is 24.3 Å². The lowest BCUT2D eigenvalue weighted by Crippen LogP contribution is -2.42. The number of carbonyl (C=O) groups excluding carboxylic acids is 1. The van der Waals surface area contributed by atoms with E-state index in [0.29, 0.717) is 6.42 Å². The summed E-state index contributed by atoms with van der Waals surface area (Å²) >= 11 is 0. The number of hydrogen-bond acceptors (Lipinski definition) is 3. The second-order valence-electron chi connectivity index (χ2n) is 8.08. The van der Waals surface area contributed by atoms with E-state index < -0.39 is 34.2 Å². The van der Waals surface area contributed by atoms with Gasteiger partial charge in [0, 0.05) is 0 Å². The van der Waals surface area contributed by atoms with Gasteiger partial charge in [-0.3, -0.25) is 9.10 Å². The number of sulfonamides is 1. The van der Waals surface area contributed by atoms with Gasteiger partial charge in [0.25, 0.3) is 10.0 Å². The maximum absolute atomic E-state index is 13.4. The van der Waals surface area contributed by atoms with Crippen LogP contribution in [-0.4, -0.2) is 20.9 Å². The molecule has 0 bridgehead atoms. The molecule has 3 aromatic rings. The molecule has 0 fully saturated rings. The third-order valence-corrected chi connectivity index (χ3v) is 7.57.